The summed E-state index contributed by atoms with van der Waals surface area (Å²) in [5.74, 6) is -0.0936. The number of hydrogen-bond acceptors (Lipinski definition) is 3. The van der Waals surface area contributed by atoms with E-state index in [1.807, 2.05) is 12.1 Å². The molecule has 0 atom stereocenters. The lowest BCUT2D eigenvalue weighted by atomic mass is 9.94. The van der Waals surface area contributed by atoms with Crippen molar-refractivity contribution in [2.45, 2.75) is 44.7 Å². The van der Waals surface area contributed by atoms with Crippen molar-refractivity contribution in [3.05, 3.63) is 29.3 Å². The van der Waals surface area contributed by atoms with E-state index in [0.29, 0.717) is 17.3 Å². The Labute approximate surface area is 121 Å². The summed E-state index contributed by atoms with van der Waals surface area (Å²) in [4.78, 5) is 14.0. The van der Waals surface area contributed by atoms with Crippen LogP contribution < -0.4 is 11.1 Å². The van der Waals surface area contributed by atoms with E-state index >= 15 is 0 Å². The number of nitrogens with zero attached hydrogens (tertiary/aromatic N) is 1. The van der Waals surface area contributed by atoms with Crippen LogP contribution in [0.15, 0.2) is 18.2 Å². The molecule has 4 nitrogen and oxygen atoms in total. The quantitative estimate of drug-likeness (QED) is 0.830. The van der Waals surface area contributed by atoms with E-state index in [1.165, 1.54) is 32.1 Å². The number of nitrogen functional groups attached to an aromatic ring is 1. The maximum absolute atomic E-state index is 11.6. The Kier molecular flexibility index (Phi) is 5.01. The van der Waals surface area contributed by atoms with Gasteiger partial charge in [0.2, 0.25) is 0 Å². The van der Waals surface area contributed by atoms with Crippen LogP contribution in [-0.4, -0.2) is 30.9 Å². The summed E-state index contributed by atoms with van der Waals surface area (Å²) in [7, 11) is 3.80. The number of rotatable bonds is 4. The topological polar surface area (TPSA) is 58.4 Å². The van der Waals surface area contributed by atoms with Crippen molar-refractivity contribution < 1.29 is 4.79 Å². The molecular formula is C16H25N3O. The number of amides is 1. The molecule has 1 aliphatic carbocycles. The average molecular weight is 275 g/mol. The van der Waals surface area contributed by atoms with Crippen LogP contribution in [-0.2, 0) is 6.54 Å². The Hall–Kier alpha value is -1.55. The largest absolute Gasteiger partial charge is 0.398 e. The molecule has 1 fully saturated rings. The van der Waals surface area contributed by atoms with Crippen LogP contribution in [0.5, 0.6) is 0 Å². The predicted octanol–water partition coefficient (Wildman–Crippen LogP) is 2.39. The van der Waals surface area contributed by atoms with Gasteiger partial charge in [-0.2, -0.15) is 0 Å². The molecule has 0 saturated heterocycles. The van der Waals surface area contributed by atoms with Gasteiger partial charge in [-0.05, 0) is 37.6 Å². The van der Waals surface area contributed by atoms with Crippen LogP contribution in [0, 0.1) is 0 Å². The minimum atomic E-state index is -0.0936. The first-order valence-corrected chi connectivity index (χ1v) is 7.42. The van der Waals surface area contributed by atoms with Crippen LogP contribution in [0.2, 0.25) is 0 Å². The van der Waals surface area contributed by atoms with Gasteiger partial charge in [-0.15, -0.1) is 0 Å². The molecule has 0 bridgehead atoms. The van der Waals surface area contributed by atoms with Gasteiger partial charge in [0.05, 0.1) is 0 Å². The first-order valence-electron chi connectivity index (χ1n) is 7.42. The maximum Gasteiger partial charge on any atom is 0.251 e. The van der Waals surface area contributed by atoms with E-state index in [2.05, 4.69) is 17.3 Å². The molecule has 0 aliphatic heterocycles. The van der Waals surface area contributed by atoms with E-state index in [-0.39, 0.29) is 5.91 Å². The fourth-order valence-corrected chi connectivity index (χ4v) is 2.94. The van der Waals surface area contributed by atoms with Crippen molar-refractivity contribution in [2.75, 3.05) is 19.8 Å². The lowest BCUT2D eigenvalue weighted by molar-refractivity contribution is 0.0963. The monoisotopic (exact) mass is 275 g/mol. The van der Waals surface area contributed by atoms with Crippen molar-refractivity contribution in [1.29, 1.82) is 0 Å². The number of nitrogens with one attached hydrogen (secondary N) is 1. The van der Waals surface area contributed by atoms with Crippen LogP contribution in [0.25, 0.3) is 0 Å². The minimum Gasteiger partial charge on any atom is -0.398 e. The molecule has 0 heterocycles. The summed E-state index contributed by atoms with van der Waals surface area (Å²) in [6.07, 6.45) is 6.60. The molecule has 20 heavy (non-hydrogen) atoms. The zero-order valence-corrected chi connectivity index (χ0v) is 12.5. The smallest absolute Gasteiger partial charge is 0.251 e. The van der Waals surface area contributed by atoms with E-state index < -0.39 is 0 Å². The van der Waals surface area contributed by atoms with Gasteiger partial charge >= 0.3 is 0 Å². The third-order valence-corrected chi connectivity index (χ3v) is 4.25. The number of nitrogens with two attached hydrogens (primary N) is 1. The fraction of sp³-hybridized carbons (Fsp3) is 0.562. The fourth-order valence-electron chi connectivity index (χ4n) is 2.94. The summed E-state index contributed by atoms with van der Waals surface area (Å²) in [5.41, 5.74) is 8.51. The normalized spacial score (nSPS) is 16.4. The van der Waals surface area contributed by atoms with Crippen molar-refractivity contribution in [3.8, 4) is 0 Å². The van der Waals surface area contributed by atoms with E-state index in [4.69, 9.17) is 5.73 Å². The van der Waals surface area contributed by atoms with Gasteiger partial charge in [0, 0.05) is 30.9 Å². The SMILES string of the molecule is CNC(=O)c1ccc(CN(C)C2CCCCC2)c(N)c1. The molecule has 0 spiro atoms. The molecule has 1 aliphatic rings. The van der Waals surface area contributed by atoms with Crippen LogP contribution in [0.3, 0.4) is 0 Å². The van der Waals surface area contributed by atoms with Crippen molar-refractivity contribution in [2.24, 2.45) is 0 Å². The van der Waals surface area contributed by atoms with Crippen molar-refractivity contribution in [1.82, 2.24) is 10.2 Å². The Morgan fingerprint density at radius 1 is 1.35 bits per heavy atom. The molecule has 0 aromatic heterocycles. The highest BCUT2D eigenvalue weighted by atomic mass is 16.1. The van der Waals surface area contributed by atoms with Gasteiger partial charge in [-0.25, -0.2) is 0 Å². The Balaban J connectivity index is 2.03. The molecule has 1 aromatic rings. The zero-order chi connectivity index (χ0) is 14.5. The number of benzene rings is 1. The number of carbonyl (C=O) groups is 1. The zero-order valence-electron chi connectivity index (χ0n) is 12.5. The lowest BCUT2D eigenvalue weighted by Gasteiger charge is -2.31. The highest BCUT2D eigenvalue weighted by molar-refractivity contribution is 5.95. The Morgan fingerprint density at radius 3 is 2.65 bits per heavy atom. The summed E-state index contributed by atoms with van der Waals surface area (Å²) in [5, 5.41) is 2.62. The summed E-state index contributed by atoms with van der Waals surface area (Å²) >= 11 is 0. The Morgan fingerprint density at radius 2 is 2.05 bits per heavy atom. The van der Waals surface area contributed by atoms with E-state index in [1.54, 1.807) is 13.1 Å². The second kappa shape index (κ2) is 6.75. The molecule has 1 aromatic carbocycles. The second-order valence-electron chi connectivity index (χ2n) is 5.70. The summed E-state index contributed by atoms with van der Waals surface area (Å²) in [6, 6.07) is 6.25. The summed E-state index contributed by atoms with van der Waals surface area (Å²) < 4.78 is 0. The molecule has 110 valence electrons. The van der Waals surface area contributed by atoms with Gasteiger partial charge in [0.15, 0.2) is 0 Å². The van der Waals surface area contributed by atoms with E-state index in [0.717, 1.165) is 12.1 Å². The van der Waals surface area contributed by atoms with Crippen LogP contribution >= 0.6 is 0 Å². The highest BCUT2D eigenvalue weighted by Crippen LogP contribution is 2.24. The van der Waals surface area contributed by atoms with Gasteiger partial charge in [0.1, 0.15) is 0 Å². The number of anilines is 1. The standard InChI is InChI=1S/C16H25N3O/c1-18-16(20)12-8-9-13(15(17)10-12)11-19(2)14-6-4-3-5-7-14/h8-10,14H,3-7,11,17H2,1-2H3,(H,18,20). The third kappa shape index (κ3) is 3.51. The molecule has 3 N–H and O–H groups in total. The maximum atomic E-state index is 11.6. The van der Waals surface area contributed by atoms with Crippen molar-refractivity contribution >= 4 is 11.6 Å². The van der Waals surface area contributed by atoms with Crippen LogP contribution in [0.4, 0.5) is 5.69 Å². The molecular weight excluding hydrogens is 250 g/mol. The highest BCUT2D eigenvalue weighted by Gasteiger charge is 2.18. The van der Waals surface area contributed by atoms with E-state index in [9.17, 15) is 4.79 Å². The van der Waals surface area contributed by atoms with Gasteiger partial charge in [-0.1, -0.05) is 25.3 Å². The molecule has 1 amide bonds. The molecule has 2 rings (SSSR count). The molecule has 1 saturated carbocycles. The minimum absolute atomic E-state index is 0.0936. The first kappa shape index (κ1) is 14.9. The predicted molar refractivity (Wildman–Crippen MR) is 82.6 cm³/mol. The van der Waals surface area contributed by atoms with Gasteiger partial charge < -0.3 is 11.1 Å². The van der Waals surface area contributed by atoms with Gasteiger partial charge in [-0.3, -0.25) is 9.69 Å². The first-order chi connectivity index (χ1) is 9.61. The average Bonchev–Trinajstić information content (AvgIpc) is 2.49. The Bertz CT molecular complexity index is 467. The van der Waals surface area contributed by atoms with Gasteiger partial charge in [0.25, 0.3) is 5.91 Å². The van der Waals surface area contributed by atoms with Crippen molar-refractivity contribution in [3.63, 3.8) is 0 Å². The lowest BCUT2D eigenvalue weighted by Crippen LogP contribution is -2.33. The summed E-state index contributed by atoms with van der Waals surface area (Å²) in [6.45, 7) is 0.852. The molecule has 0 unspecified atom stereocenters. The number of hydrogen-bond donors (Lipinski definition) is 2. The number of carbonyl (C=O) groups excluding carboxylic acids is 1. The third-order valence-electron chi connectivity index (χ3n) is 4.25. The van der Waals surface area contributed by atoms with Crippen LogP contribution in [0.1, 0.15) is 48.0 Å². The molecule has 4 heteroatoms. The second-order valence-corrected chi connectivity index (χ2v) is 5.70. The molecule has 0 radical (unpaired) electrons.